The molecule has 1 atom stereocenters. The quantitative estimate of drug-likeness (QED) is 0.573. The number of nitrogens with zero attached hydrogens (tertiary/aromatic N) is 2. The Bertz CT molecular complexity index is 296. The van der Waals surface area contributed by atoms with Gasteiger partial charge < -0.3 is 10.4 Å². The summed E-state index contributed by atoms with van der Waals surface area (Å²) in [6.07, 6.45) is 5.26. The molecule has 0 bridgehead atoms. The largest absolute Gasteiger partial charge is 0.396 e. The molecule has 0 spiro atoms. The molecule has 1 aromatic rings. The van der Waals surface area contributed by atoms with Gasteiger partial charge in [0.2, 0.25) is 0 Å². The Kier molecular flexibility index (Phi) is 5.42. The van der Waals surface area contributed by atoms with Gasteiger partial charge in [-0.3, -0.25) is 0 Å². The van der Waals surface area contributed by atoms with Crippen LogP contribution >= 0.6 is 11.8 Å². The van der Waals surface area contributed by atoms with Gasteiger partial charge in [0, 0.05) is 18.7 Å². The predicted octanol–water partition coefficient (Wildman–Crippen LogP) is 1.77. The van der Waals surface area contributed by atoms with Crippen LogP contribution in [0.1, 0.15) is 19.8 Å². The van der Waals surface area contributed by atoms with Crippen LogP contribution in [-0.4, -0.2) is 34.0 Å². The van der Waals surface area contributed by atoms with Crippen molar-refractivity contribution < 1.29 is 5.11 Å². The molecule has 0 aliphatic carbocycles. The maximum Gasteiger partial charge on any atom is 0.130 e. The summed E-state index contributed by atoms with van der Waals surface area (Å²) in [7, 11) is 0. The van der Waals surface area contributed by atoms with Crippen molar-refractivity contribution >= 4 is 17.6 Å². The van der Waals surface area contributed by atoms with E-state index in [9.17, 15) is 0 Å². The van der Waals surface area contributed by atoms with E-state index in [2.05, 4.69) is 22.2 Å². The fourth-order valence-electron chi connectivity index (χ4n) is 1.27. The molecular weight excluding hydrogens is 210 g/mol. The van der Waals surface area contributed by atoms with E-state index in [1.165, 1.54) is 0 Å². The van der Waals surface area contributed by atoms with Gasteiger partial charge in [-0.05, 0) is 19.1 Å². The predicted molar refractivity (Wildman–Crippen MR) is 63.2 cm³/mol. The third-order valence-corrected chi connectivity index (χ3v) is 2.82. The first-order valence-corrected chi connectivity index (χ1v) is 6.26. The van der Waals surface area contributed by atoms with Gasteiger partial charge in [0.15, 0.2) is 0 Å². The van der Waals surface area contributed by atoms with Crippen molar-refractivity contribution in [3.8, 4) is 0 Å². The van der Waals surface area contributed by atoms with Crippen molar-refractivity contribution in [1.29, 1.82) is 0 Å². The molecule has 2 N–H and O–H groups in total. The number of anilines is 1. The molecule has 0 fully saturated rings. The van der Waals surface area contributed by atoms with Gasteiger partial charge >= 0.3 is 0 Å². The minimum absolute atomic E-state index is 0.200. The summed E-state index contributed by atoms with van der Waals surface area (Å²) in [6.45, 7) is 2.29. The Morgan fingerprint density at radius 1 is 1.53 bits per heavy atom. The van der Waals surface area contributed by atoms with Gasteiger partial charge in [0.25, 0.3) is 0 Å². The van der Waals surface area contributed by atoms with Crippen molar-refractivity contribution in [2.24, 2.45) is 0 Å². The zero-order valence-corrected chi connectivity index (χ0v) is 9.92. The lowest BCUT2D eigenvalue weighted by Gasteiger charge is -2.16. The smallest absolute Gasteiger partial charge is 0.130 e. The second-order valence-electron chi connectivity index (χ2n) is 3.21. The Balaban J connectivity index is 2.61. The van der Waals surface area contributed by atoms with Crippen molar-refractivity contribution in [3.63, 3.8) is 0 Å². The summed E-state index contributed by atoms with van der Waals surface area (Å²) in [4.78, 5) is 8.24. The summed E-state index contributed by atoms with van der Waals surface area (Å²) in [5.41, 5.74) is 0. The van der Waals surface area contributed by atoms with Crippen LogP contribution in [0.15, 0.2) is 17.4 Å². The molecule has 1 unspecified atom stereocenters. The third kappa shape index (κ3) is 4.05. The van der Waals surface area contributed by atoms with E-state index in [-0.39, 0.29) is 12.6 Å². The fraction of sp³-hybridized carbons (Fsp3) is 0.600. The van der Waals surface area contributed by atoms with Crippen LogP contribution in [0.3, 0.4) is 0 Å². The highest BCUT2D eigenvalue weighted by Gasteiger charge is 2.06. The SMILES string of the molecule is CCC(CCO)Nc1cc(SC)ncn1. The molecule has 84 valence electrons. The average molecular weight is 227 g/mol. The molecule has 4 nitrogen and oxygen atoms in total. The summed E-state index contributed by atoms with van der Waals surface area (Å²) < 4.78 is 0. The van der Waals surface area contributed by atoms with E-state index in [0.29, 0.717) is 0 Å². The molecule has 15 heavy (non-hydrogen) atoms. The van der Waals surface area contributed by atoms with Crippen LogP contribution in [0.4, 0.5) is 5.82 Å². The fourth-order valence-corrected chi connectivity index (χ4v) is 1.66. The summed E-state index contributed by atoms with van der Waals surface area (Å²) in [5, 5.41) is 13.1. The number of aliphatic hydroxyl groups is 1. The van der Waals surface area contributed by atoms with Gasteiger partial charge in [-0.15, -0.1) is 11.8 Å². The molecule has 5 heteroatoms. The number of hydrogen-bond acceptors (Lipinski definition) is 5. The normalized spacial score (nSPS) is 12.5. The van der Waals surface area contributed by atoms with E-state index in [1.54, 1.807) is 18.1 Å². The Labute approximate surface area is 94.5 Å². The van der Waals surface area contributed by atoms with Crippen LogP contribution < -0.4 is 5.32 Å². The van der Waals surface area contributed by atoms with Gasteiger partial charge in [-0.2, -0.15) is 0 Å². The molecule has 0 aliphatic rings. The highest BCUT2D eigenvalue weighted by molar-refractivity contribution is 7.98. The number of nitrogens with one attached hydrogen (secondary N) is 1. The molecule has 0 radical (unpaired) electrons. The van der Waals surface area contributed by atoms with Crippen LogP contribution in [0.5, 0.6) is 0 Å². The maximum atomic E-state index is 8.87. The van der Waals surface area contributed by atoms with Gasteiger partial charge in [-0.1, -0.05) is 6.92 Å². The first-order chi connectivity index (χ1) is 7.30. The van der Waals surface area contributed by atoms with Gasteiger partial charge in [0.1, 0.15) is 17.2 Å². The van der Waals surface area contributed by atoms with Crippen molar-refractivity contribution in [2.75, 3.05) is 18.2 Å². The lowest BCUT2D eigenvalue weighted by molar-refractivity contribution is 0.278. The molecule has 0 saturated heterocycles. The van der Waals surface area contributed by atoms with E-state index < -0.39 is 0 Å². The van der Waals surface area contributed by atoms with E-state index in [4.69, 9.17) is 5.11 Å². The molecule has 1 heterocycles. The molecule has 0 amide bonds. The highest BCUT2D eigenvalue weighted by atomic mass is 32.2. The lowest BCUT2D eigenvalue weighted by atomic mass is 10.1. The lowest BCUT2D eigenvalue weighted by Crippen LogP contribution is -2.20. The van der Waals surface area contributed by atoms with Crippen LogP contribution in [0.2, 0.25) is 0 Å². The van der Waals surface area contributed by atoms with Gasteiger partial charge in [0.05, 0.1) is 0 Å². The zero-order valence-electron chi connectivity index (χ0n) is 9.10. The molecule has 1 rings (SSSR count). The first kappa shape index (κ1) is 12.3. The third-order valence-electron chi connectivity index (χ3n) is 2.17. The Morgan fingerprint density at radius 3 is 2.93 bits per heavy atom. The van der Waals surface area contributed by atoms with E-state index >= 15 is 0 Å². The van der Waals surface area contributed by atoms with Gasteiger partial charge in [-0.25, -0.2) is 9.97 Å². The van der Waals surface area contributed by atoms with Crippen LogP contribution in [0.25, 0.3) is 0 Å². The van der Waals surface area contributed by atoms with Crippen molar-refractivity contribution in [2.45, 2.75) is 30.8 Å². The molecule has 0 saturated carbocycles. The van der Waals surface area contributed by atoms with Crippen molar-refractivity contribution in [1.82, 2.24) is 9.97 Å². The summed E-state index contributed by atoms with van der Waals surface area (Å²) in [5.74, 6) is 0.828. The minimum atomic E-state index is 0.200. The number of hydrogen-bond donors (Lipinski definition) is 2. The number of aromatic nitrogens is 2. The zero-order chi connectivity index (χ0) is 11.1. The highest BCUT2D eigenvalue weighted by Crippen LogP contribution is 2.15. The van der Waals surface area contributed by atoms with E-state index in [0.717, 1.165) is 23.7 Å². The van der Waals surface area contributed by atoms with Crippen LogP contribution in [0, 0.1) is 0 Å². The standard InChI is InChI=1S/C10H17N3OS/c1-3-8(4-5-14)13-9-6-10(15-2)12-7-11-9/h6-8,14H,3-5H2,1-2H3,(H,11,12,13). The summed E-state index contributed by atoms with van der Waals surface area (Å²) >= 11 is 1.59. The average Bonchev–Trinajstić information content (AvgIpc) is 2.29. The Morgan fingerprint density at radius 2 is 2.33 bits per heavy atom. The Hall–Kier alpha value is -0.810. The topological polar surface area (TPSA) is 58.0 Å². The van der Waals surface area contributed by atoms with Crippen LogP contribution in [-0.2, 0) is 0 Å². The monoisotopic (exact) mass is 227 g/mol. The second-order valence-corrected chi connectivity index (χ2v) is 4.03. The molecule has 0 aromatic carbocycles. The number of aliphatic hydroxyl groups excluding tert-OH is 1. The number of rotatable bonds is 6. The van der Waals surface area contributed by atoms with Crippen molar-refractivity contribution in [3.05, 3.63) is 12.4 Å². The maximum absolute atomic E-state index is 8.87. The minimum Gasteiger partial charge on any atom is -0.396 e. The number of thioether (sulfide) groups is 1. The molecule has 0 aliphatic heterocycles. The molecule has 1 aromatic heterocycles. The molecular formula is C10H17N3OS. The first-order valence-electron chi connectivity index (χ1n) is 5.03. The van der Waals surface area contributed by atoms with E-state index in [1.807, 2.05) is 12.3 Å². The second kappa shape index (κ2) is 6.63. The summed E-state index contributed by atoms with van der Waals surface area (Å²) in [6, 6.07) is 2.20.